The van der Waals surface area contributed by atoms with E-state index in [0.29, 0.717) is 6.42 Å². The molecule has 0 spiro atoms. The third kappa shape index (κ3) is 3.94. The molecule has 0 radical (unpaired) electrons. The van der Waals surface area contributed by atoms with Gasteiger partial charge in [-0.15, -0.1) is 0 Å². The van der Waals surface area contributed by atoms with Crippen molar-refractivity contribution in [3.63, 3.8) is 0 Å². The minimum atomic E-state index is -3.00. The minimum absolute atomic E-state index is 0.0161. The summed E-state index contributed by atoms with van der Waals surface area (Å²) in [6.45, 7) is 1.52. The van der Waals surface area contributed by atoms with Crippen LogP contribution in [0.25, 0.3) is 0 Å². The predicted octanol–water partition coefficient (Wildman–Crippen LogP) is 0.0808. The zero-order valence-corrected chi connectivity index (χ0v) is 12.6. The molecule has 1 aliphatic carbocycles. The Bertz CT molecular complexity index is 483. The Morgan fingerprint density at radius 2 is 1.85 bits per heavy atom. The topological polar surface area (TPSA) is 83.6 Å². The molecule has 0 aromatic heterocycles. The summed E-state index contributed by atoms with van der Waals surface area (Å²) < 4.78 is 22.7. The second kappa shape index (κ2) is 6.11. The highest BCUT2D eigenvalue weighted by Gasteiger charge is 2.31. The van der Waals surface area contributed by atoms with Crippen molar-refractivity contribution >= 4 is 21.7 Å². The normalized spacial score (nSPS) is 25.6. The van der Waals surface area contributed by atoms with E-state index in [1.54, 1.807) is 4.90 Å². The van der Waals surface area contributed by atoms with Crippen LogP contribution in [0, 0.1) is 0 Å². The summed E-state index contributed by atoms with van der Waals surface area (Å²) in [5, 5.41) is 2.73. The van der Waals surface area contributed by atoms with Crippen molar-refractivity contribution in [3.05, 3.63) is 0 Å². The molecule has 1 aliphatic heterocycles. The largest absolute Gasteiger partial charge is 0.351 e. The number of nitrogens with one attached hydrogen (secondary N) is 1. The van der Waals surface area contributed by atoms with Crippen molar-refractivity contribution in [1.29, 1.82) is 0 Å². The molecule has 1 atom stereocenters. The van der Waals surface area contributed by atoms with Crippen LogP contribution >= 0.6 is 0 Å². The van der Waals surface area contributed by atoms with Gasteiger partial charge in [-0.2, -0.15) is 0 Å². The van der Waals surface area contributed by atoms with E-state index in [-0.39, 0.29) is 41.9 Å². The van der Waals surface area contributed by atoms with E-state index in [1.165, 1.54) is 6.92 Å². The monoisotopic (exact) mass is 302 g/mol. The van der Waals surface area contributed by atoms with E-state index in [0.717, 1.165) is 25.7 Å². The zero-order valence-electron chi connectivity index (χ0n) is 11.8. The number of hydrogen-bond acceptors (Lipinski definition) is 4. The predicted molar refractivity (Wildman–Crippen MR) is 74.8 cm³/mol. The highest BCUT2D eigenvalue weighted by atomic mass is 32.2. The Hall–Kier alpha value is -1.11. The summed E-state index contributed by atoms with van der Waals surface area (Å²) in [4.78, 5) is 25.3. The maximum absolute atomic E-state index is 12.0. The summed E-state index contributed by atoms with van der Waals surface area (Å²) in [5.74, 6) is -0.195. The lowest BCUT2D eigenvalue weighted by Crippen LogP contribution is -2.47. The molecule has 7 heteroatoms. The van der Waals surface area contributed by atoms with E-state index in [2.05, 4.69) is 5.32 Å². The van der Waals surface area contributed by atoms with Crippen LogP contribution in [-0.2, 0) is 19.4 Å². The zero-order chi connectivity index (χ0) is 14.8. The number of hydrogen-bond donors (Lipinski definition) is 1. The van der Waals surface area contributed by atoms with Crippen LogP contribution in [0.15, 0.2) is 0 Å². The van der Waals surface area contributed by atoms with Crippen molar-refractivity contribution in [2.75, 3.05) is 18.1 Å². The molecule has 1 heterocycles. The number of carbonyl (C=O) groups is 2. The SMILES string of the molecule is CC(=O)N(CC(=O)NC1CCS(=O)(=O)C1)C1CCCC1. The van der Waals surface area contributed by atoms with Gasteiger partial charge in [0, 0.05) is 19.0 Å². The molecule has 0 aromatic rings. The molecule has 20 heavy (non-hydrogen) atoms. The van der Waals surface area contributed by atoms with Crippen LogP contribution in [0.1, 0.15) is 39.0 Å². The molecule has 1 saturated heterocycles. The lowest BCUT2D eigenvalue weighted by molar-refractivity contribution is -0.136. The fourth-order valence-corrected chi connectivity index (χ4v) is 4.72. The standard InChI is InChI=1S/C13H22N2O4S/c1-10(16)15(12-4-2-3-5-12)8-13(17)14-11-6-7-20(18,19)9-11/h11-12H,2-9H2,1H3,(H,14,17). The van der Waals surface area contributed by atoms with Crippen molar-refractivity contribution in [1.82, 2.24) is 10.2 Å². The summed E-state index contributed by atoms with van der Waals surface area (Å²) in [5.41, 5.74) is 0. The fraction of sp³-hybridized carbons (Fsp3) is 0.846. The second-order valence-corrected chi connectivity index (χ2v) is 7.98. The molecule has 1 N–H and O–H groups in total. The number of amides is 2. The molecule has 2 amide bonds. The van der Waals surface area contributed by atoms with E-state index in [9.17, 15) is 18.0 Å². The Labute approximate surface area is 119 Å². The molecular weight excluding hydrogens is 280 g/mol. The Balaban J connectivity index is 1.87. The summed E-state index contributed by atoms with van der Waals surface area (Å²) in [7, 11) is -3.00. The van der Waals surface area contributed by atoms with Crippen LogP contribution in [0.3, 0.4) is 0 Å². The van der Waals surface area contributed by atoms with Crippen LogP contribution in [-0.4, -0.2) is 55.3 Å². The van der Waals surface area contributed by atoms with E-state index in [4.69, 9.17) is 0 Å². The van der Waals surface area contributed by atoms with Gasteiger partial charge >= 0.3 is 0 Å². The number of nitrogens with zero attached hydrogens (tertiary/aromatic N) is 1. The molecule has 6 nitrogen and oxygen atoms in total. The minimum Gasteiger partial charge on any atom is -0.351 e. The van der Waals surface area contributed by atoms with Crippen molar-refractivity contribution in [2.45, 2.75) is 51.1 Å². The van der Waals surface area contributed by atoms with Gasteiger partial charge in [-0.05, 0) is 19.3 Å². The first kappa shape index (κ1) is 15.3. The van der Waals surface area contributed by atoms with Gasteiger partial charge in [0.25, 0.3) is 0 Å². The van der Waals surface area contributed by atoms with E-state index < -0.39 is 9.84 Å². The highest BCUT2D eigenvalue weighted by molar-refractivity contribution is 7.91. The van der Waals surface area contributed by atoms with Gasteiger partial charge in [0.1, 0.15) is 0 Å². The van der Waals surface area contributed by atoms with Gasteiger partial charge < -0.3 is 10.2 Å². The van der Waals surface area contributed by atoms with E-state index >= 15 is 0 Å². The van der Waals surface area contributed by atoms with Crippen LogP contribution in [0.2, 0.25) is 0 Å². The van der Waals surface area contributed by atoms with Gasteiger partial charge in [-0.3, -0.25) is 9.59 Å². The molecule has 0 bridgehead atoms. The van der Waals surface area contributed by atoms with E-state index in [1.807, 2.05) is 0 Å². The second-order valence-electron chi connectivity index (χ2n) is 5.75. The van der Waals surface area contributed by atoms with Gasteiger partial charge in [0.05, 0.1) is 18.1 Å². The number of sulfone groups is 1. The molecular formula is C13H22N2O4S. The van der Waals surface area contributed by atoms with Crippen molar-refractivity contribution in [2.24, 2.45) is 0 Å². The average molecular weight is 302 g/mol. The Kier molecular flexibility index (Phi) is 4.67. The summed E-state index contributed by atoms with van der Waals surface area (Å²) >= 11 is 0. The smallest absolute Gasteiger partial charge is 0.239 e. The fourth-order valence-electron chi connectivity index (χ4n) is 3.05. The summed E-state index contributed by atoms with van der Waals surface area (Å²) in [6.07, 6.45) is 4.56. The highest BCUT2D eigenvalue weighted by Crippen LogP contribution is 2.23. The van der Waals surface area contributed by atoms with Crippen molar-refractivity contribution in [3.8, 4) is 0 Å². The first-order valence-corrected chi connectivity index (χ1v) is 8.96. The molecule has 2 rings (SSSR count). The maximum Gasteiger partial charge on any atom is 0.239 e. The molecule has 0 aromatic carbocycles. The molecule has 2 aliphatic rings. The first-order valence-electron chi connectivity index (χ1n) is 7.14. The summed E-state index contributed by atoms with van der Waals surface area (Å²) in [6, 6.07) is -0.143. The average Bonchev–Trinajstić information content (AvgIpc) is 2.95. The molecule has 1 unspecified atom stereocenters. The Morgan fingerprint density at radius 3 is 2.35 bits per heavy atom. The van der Waals surface area contributed by atoms with Crippen LogP contribution in [0.4, 0.5) is 0 Å². The van der Waals surface area contributed by atoms with Crippen LogP contribution < -0.4 is 5.32 Å². The van der Waals surface area contributed by atoms with Gasteiger partial charge in [-0.1, -0.05) is 12.8 Å². The third-order valence-corrected chi connectivity index (χ3v) is 5.85. The lowest BCUT2D eigenvalue weighted by Gasteiger charge is -2.27. The first-order chi connectivity index (χ1) is 9.37. The molecule has 2 fully saturated rings. The van der Waals surface area contributed by atoms with Gasteiger partial charge in [-0.25, -0.2) is 8.42 Å². The van der Waals surface area contributed by atoms with Gasteiger partial charge in [0.15, 0.2) is 9.84 Å². The van der Waals surface area contributed by atoms with Gasteiger partial charge in [0.2, 0.25) is 11.8 Å². The quantitative estimate of drug-likeness (QED) is 0.797. The number of carbonyl (C=O) groups excluding carboxylic acids is 2. The number of rotatable bonds is 4. The lowest BCUT2D eigenvalue weighted by atomic mass is 10.2. The third-order valence-electron chi connectivity index (χ3n) is 4.08. The Morgan fingerprint density at radius 1 is 1.20 bits per heavy atom. The molecule has 114 valence electrons. The molecule has 1 saturated carbocycles. The maximum atomic E-state index is 12.0. The van der Waals surface area contributed by atoms with Crippen LogP contribution in [0.5, 0.6) is 0 Å². The van der Waals surface area contributed by atoms with Crippen molar-refractivity contribution < 1.29 is 18.0 Å².